The standard InChI is InChI=1S/C22H18ClF3N6O3S/c1-11-18-20(31-30-11)28-19(29-21(18)35-17-9-27-10-22(17,25)26)12-2-5-14(6-3-12)32-36(33,34)16-8-13(23)4-7-15(16)24/h2-8,17,27,32H,9-10H2,1H3,(H,28,29,30,31)/t17-/m1/s1. The predicted octanol–water partition coefficient (Wildman–Crippen LogP) is 3.91. The van der Waals surface area contributed by atoms with Crippen LogP contribution >= 0.6 is 11.6 Å². The molecule has 9 nitrogen and oxygen atoms in total. The number of ether oxygens (including phenoxy) is 1. The molecule has 0 spiro atoms. The van der Waals surface area contributed by atoms with Crippen molar-refractivity contribution in [3.05, 3.63) is 59.0 Å². The second kappa shape index (κ2) is 8.91. The van der Waals surface area contributed by atoms with E-state index in [1.165, 1.54) is 30.3 Å². The zero-order valence-electron chi connectivity index (χ0n) is 18.5. The van der Waals surface area contributed by atoms with Crippen molar-refractivity contribution < 1.29 is 26.3 Å². The molecule has 1 fully saturated rings. The summed E-state index contributed by atoms with van der Waals surface area (Å²) in [6.07, 6.45) is -1.42. The maximum absolute atomic E-state index is 14.2. The number of fused-ring (bicyclic) bond motifs is 1. The third-order valence-electron chi connectivity index (χ3n) is 5.56. The van der Waals surface area contributed by atoms with E-state index < -0.39 is 39.3 Å². The van der Waals surface area contributed by atoms with Crippen LogP contribution < -0.4 is 14.8 Å². The van der Waals surface area contributed by atoms with Gasteiger partial charge in [-0.2, -0.15) is 10.1 Å². The summed E-state index contributed by atoms with van der Waals surface area (Å²) in [7, 11) is -4.25. The van der Waals surface area contributed by atoms with Gasteiger partial charge in [-0.25, -0.2) is 26.6 Å². The number of H-pyrrole nitrogens is 1. The number of benzene rings is 2. The Morgan fingerprint density at radius 1 is 1.17 bits per heavy atom. The number of halogens is 4. The fourth-order valence-corrected chi connectivity index (χ4v) is 5.13. The first-order chi connectivity index (χ1) is 17.0. The van der Waals surface area contributed by atoms with Gasteiger partial charge in [-0.1, -0.05) is 11.6 Å². The minimum Gasteiger partial charge on any atom is -0.466 e. The van der Waals surface area contributed by atoms with Crippen LogP contribution in [-0.2, 0) is 10.0 Å². The summed E-state index contributed by atoms with van der Waals surface area (Å²) in [4.78, 5) is 8.15. The summed E-state index contributed by atoms with van der Waals surface area (Å²) < 4.78 is 75.5. The number of nitrogens with one attached hydrogen (secondary N) is 3. The molecular formula is C22H18ClF3N6O3S. The topological polar surface area (TPSA) is 122 Å². The van der Waals surface area contributed by atoms with Crippen molar-refractivity contribution in [1.82, 2.24) is 25.5 Å². The molecule has 14 heteroatoms. The average Bonchev–Trinajstić information content (AvgIpc) is 3.36. The van der Waals surface area contributed by atoms with Crippen molar-refractivity contribution >= 4 is 38.3 Å². The molecule has 1 saturated heterocycles. The molecule has 0 unspecified atom stereocenters. The van der Waals surface area contributed by atoms with Crippen LogP contribution in [0, 0.1) is 12.7 Å². The third-order valence-corrected chi connectivity index (χ3v) is 7.19. The number of nitrogens with zero attached hydrogens (tertiary/aromatic N) is 3. The van der Waals surface area contributed by atoms with Crippen molar-refractivity contribution in [1.29, 1.82) is 0 Å². The summed E-state index contributed by atoms with van der Waals surface area (Å²) in [6.45, 7) is 1.12. The van der Waals surface area contributed by atoms with Gasteiger partial charge < -0.3 is 10.1 Å². The van der Waals surface area contributed by atoms with Crippen LogP contribution in [0.4, 0.5) is 18.9 Å². The lowest BCUT2D eigenvalue weighted by atomic mass is 10.2. The maximum Gasteiger partial charge on any atom is 0.297 e. The van der Waals surface area contributed by atoms with Gasteiger partial charge in [-0.3, -0.25) is 9.82 Å². The molecule has 1 aliphatic rings. The number of aromatic amines is 1. The van der Waals surface area contributed by atoms with Gasteiger partial charge in [0, 0.05) is 22.8 Å². The Morgan fingerprint density at radius 2 is 1.92 bits per heavy atom. The highest BCUT2D eigenvalue weighted by molar-refractivity contribution is 7.92. The molecule has 0 bridgehead atoms. The Bertz CT molecular complexity index is 1560. The quantitative estimate of drug-likeness (QED) is 0.340. The van der Waals surface area contributed by atoms with E-state index in [2.05, 4.69) is 30.2 Å². The smallest absolute Gasteiger partial charge is 0.297 e. The van der Waals surface area contributed by atoms with Gasteiger partial charge in [0.1, 0.15) is 16.1 Å². The highest BCUT2D eigenvalue weighted by atomic mass is 35.5. The first kappa shape index (κ1) is 24.3. The Hall–Kier alpha value is -3.42. The van der Waals surface area contributed by atoms with Gasteiger partial charge >= 0.3 is 0 Å². The Labute approximate surface area is 208 Å². The van der Waals surface area contributed by atoms with Crippen molar-refractivity contribution in [3.63, 3.8) is 0 Å². The number of alkyl halides is 2. The zero-order valence-corrected chi connectivity index (χ0v) is 20.1. The molecule has 0 saturated carbocycles. The summed E-state index contributed by atoms with van der Waals surface area (Å²) in [5, 5.41) is 9.85. The monoisotopic (exact) mass is 538 g/mol. The van der Waals surface area contributed by atoms with E-state index in [0.29, 0.717) is 22.3 Å². The van der Waals surface area contributed by atoms with Gasteiger partial charge in [-0.15, -0.1) is 0 Å². The first-order valence-electron chi connectivity index (χ1n) is 10.6. The van der Waals surface area contributed by atoms with Crippen LogP contribution in [0.3, 0.4) is 0 Å². The number of hydrogen-bond acceptors (Lipinski definition) is 7. The summed E-state index contributed by atoms with van der Waals surface area (Å²) in [5.74, 6) is -3.92. The molecule has 36 heavy (non-hydrogen) atoms. The minimum absolute atomic E-state index is 0.0455. The van der Waals surface area contributed by atoms with Gasteiger partial charge in [-0.05, 0) is 49.4 Å². The first-order valence-corrected chi connectivity index (χ1v) is 12.5. The highest BCUT2D eigenvalue weighted by Crippen LogP contribution is 2.33. The van der Waals surface area contributed by atoms with Crippen LogP contribution in [0.15, 0.2) is 47.4 Å². The van der Waals surface area contributed by atoms with Crippen LogP contribution in [0.5, 0.6) is 5.88 Å². The van der Waals surface area contributed by atoms with Crippen LogP contribution in [0.2, 0.25) is 5.02 Å². The van der Waals surface area contributed by atoms with E-state index >= 15 is 0 Å². The number of anilines is 1. The fourth-order valence-electron chi connectivity index (χ4n) is 3.73. The molecule has 3 heterocycles. The molecule has 188 valence electrons. The van der Waals surface area contributed by atoms with Crippen molar-refractivity contribution in [3.8, 4) is 17.3 Å². The maximum atomic E-state index is 14.2. The van der Waals surface area contributed by atoms with Gasteiger partial charge in [0.15, 0.2) is 17.6 Å². The number of aryl methyl sites for hydroxylation is 1. The highest BCUT2D eigenvalue weighted by Gasteiger charge is 2.46. The molecule has 2 aromatic heterocycles. The molecule has 1 aliphatic heterocycles. The molecule has 0 radical (unpaired) electrons. The number of hydrogen-bond donors (Lipinski definition) is 3. The second-order valence-corrected chi connectivity index (χ2v) is 10.2. The Balaban J connectivity index is 1.45. The molecule has 4 aromatic rings. The SMILES string of the molecule is Cc1n[nH]c2nc(-c3ccc(NS(=O)(=O)c4cc(Cl)ccc4F)cc3)nc(O[C@@H]3CNCC3(F)F)c12. The van der Waals surface area contributed by atoms with E-state index in [9.17, 15) is 21.6 Å². The summed E-state index contributed by atoms with van der Waals surface area (Å²) in [5.41, 5.74) is 1.37. The number of aromatic nitrogens is 4. The second-order valence-electron chi connectivity index (χ2n) is 8.14. The van der Waals surface area contributed by atoms with Crippen LogP contribution in [0.1, 0.15) is 5.69 Å². The van der Waals surface area contributed by atoms with Crippen LogP contribution in [-0.4, -0.2) is 53.7 Å². The lowest BCUT2D eigenvalue weighted by Gasteiger charge is -2.19. The third kappa shape index (κ3) is 4.56. The lowest BCUT2D eigenvalue weighted by Crippen LogP contribution is -2.36. The van der Waals surface area contributed by atoms with E-state index in [4.69, 9.17) is 16.3 Å². The number of rotatable bonds is 6. The lowest BCUT2D eigenvalue weighted by molar-refractivity contribution is -0.0607. The van der Waals surface area contributed by atoms with E-state index in [1.54, 1.807) is 6.92 Å². The van der Waals surface area contributed by atoms with Crippen LogP contribution in [0.25, 0.3) is 22.4 Å². The molecule has 0 aliphatic carbocycles. The van der Waals surface area contributed by atoms with Gasteiger partial charge in [0.2, 0.25) is 5.88 Å². The van der Waals surface area contributed by atoms with Crippen molar-refractivity contribution in [2.75, 3.05) is 17.8 Å². The van der Waals surface area contributed by atoms with E-state index in [1.807, 2.05) is 0 Å². The van der Waals surface area contributed by atoms with Crippen molar-refractivity contribution in [2.24, 2.45) is 0 Å². The molecule has 1 atom stereocenters. The molecular weight excluding hydrogens is 521 g/mol. The van der Waals surface area contributed by atoms with E-state index in [-0.39, 0.29) is 29.0 Å². The molecule has 2 aromatic carbocycles. The molecule has 0 amide bonds. The normalized spacial score (nSPS) is 17.4. The van der Waals surface area contributed by atoms with Gasteiger partial charge in [0.05, 0.1) is 12.2 Å². The largest absolute Gasteiger partial charge is 0.466 e. The zero-order chi connectivity index (χ0) is 25.7. The number of sulfonamides is 1. The van der Waals surface area contributed by atoms with Crippen molar-refractivity contribution in [2.45, 2.75) is 23.8 Å². The summed E-state index contributed by atoms with van der Waals surface area (Å²) >= 11 is 5.80. The Kier molecular flexibility index (Phi) is 6.01. The molecule has 3 N–H and O–H groups in total. The molecule has 5 rings (SSSR count). The van der Waals surface area contributed by atoms with E-state index in [0.717, 1.165) is 12.1 Å². The predicted molar refractivity (Wildman–Crippen MR) is 126 cm³/mol. The average molecular weight is 539 g/mol. The minimum atomic E-state index is -4.25. The van der Waals surface area contributed by atoms with Gasteiger partial charge in [0.25, 0.3) is 15.9 Å². The fraction of sp³-hybridized carbons (Fsp3) is 0.227. The summed E-state index contributed by atoms with van der Waals surface area (Å²) in [6, 6.07) is 9.10. The Morgan fingerprint density at radius 3 is 2.61 bits per heavy atom.